The number of likely N-dealkylation sites (tertiary alicyclic amines) is 1. The summed E-state index contributed by atoms with van der Waals surface area (Å²) >= 11 is 0. The molecule has 2 saturated heterocycles. The van der Waals surface area contributed by atoms with E-state index in [1.807, 2.05) is 12.1 Å². The van der Waals surface area contributed by atoms with Gasteiger partial charge in [0.05, 0.1) is 18.2 Å². The van der Waals surface area contributed by atoms with Gasteiger partial charge in [0.25, 0.3) is 0 Å². The zero-order chi connectivity index (χ0) is 23.2. The van der Waals surface area contributed by atoms with E-state index < -0.39 is 48.3 Å². The van der Waals surface area contributed by atoms with Gasteiger partial charge in [0.2, 0.25) is 5.91 Å². The average Bonchev–Trinajstić information content (AvgIpc) is 3.27. The molecule has 6 atom stereocenters. The van der Waals surface area contributed by atoms with Crippen LogP contribution in [0.15, 0.2) is 42.5 Å². The van der Waals surface area contributed by atoms with Gasteiger partial charge in [-0.3, -0.25) is 10.1 Å². The van der Waals surface area contributed by atoms with Crippen LogP contribution in [0.4, 0.5) is 5.69 Å². The second kappa shape index (κ2) is 9.33. The van der Waals surface area contributed by atoms with Gasteiger partial charge < -0.3 is 42.9 Å². The van der Waals surface area contributed by atoms with Crippen molar-refractivity contribution < 1.29 is 30.0 Å². The van der Waals surface area contributed by atoms with Crippen LogP contribution < -0.4 is 22.9 Å². The number of phenols is 1. The molecule has 0 aromatic heterocycles. The molecular weight excluding hydrogens is 430 g/mol. The number of carboxylic acids is 1. The van der Waals surface area contributed by atoms with Gasteiger partial charge in [0.1, 0.15) is 17.8 Å². The van der Waals surface area contributed by atoms with Crippen LogP contribution in [-0.2, 0) is 9.59 Å². The second-order valence-corrected chi connectivity index (χ2v) is 8.24. The van der Waals surface area contributed by atoms with Crippen LogP contribution in [-0.4, -0.2) is 74.1 Å². The highest BCUT2D eigenvalue weighted by atomic mass is 16.4. The summed E-state index contributed by atoms with van der Waals surface area (Å²) < 4.78 is 0. The Balaban J connectivity index is 0.00000306. The number of nitrogen functional groups attached to an aromatic ring is 1. The first-order valence-corrected chi connectivity index (χ1v) is 10.3. The molecule has 0 aliphatic carbocycles. The van der Waals surface area contributed by atoms with Crippen LogP contribution in [0.2, 0.25) is 0 Å². The van der Waals surface area contributed by atoms with E-state index >= 15 is 0 Å². The molecule has 0 spiro atoms. The monoisotopic (exact) mass is 459 g/mol. The number of benzene rings is 2. The maximum absolute atomic E-state index is 13.1. The molecule has 33 heavy (non-hydrogen) atoms. The number of anilines is 1. The molecular formula is C22H29N5O6. The SMILES string of the molecule is N.Nc1ccccc1-c1cccc(O)c1C1CC(O)C(C(=O)N2CC(O)C(N)C2C(=O)O)N1. The largest absolute Gasteiger partial charge is 0.508 e. The minimum Gasteiger partial charge on any atom is -0.508 e. The summed E-state index contributed by atoms with van der Waals surface area (Å²) in [5, 5.41) is 43.8. The average molecular weight is 460 g/mol. The van der Waals surface area contributed by atoms with Crippen LogP contribution in [0, 0.1) is 0 Å². The molecule has 2 aliphatic heterocycles. The molecule has 4 rings (SSSR count). The number of nitrogens with one attached hydrogen (secondary N) is 1. The van der Waals surface area contributed by atoms with Gasteiger partial charge in [-0.05, 0) is 24.1 Å². The van der Waals surface area contributed by atoms with E-state index in [9.17, 15) is 30.0 Å². The molecule has 6 unspecified atom stereocenters. The lowest BCUT2D eigenvalue weighted by Gasteiger charge is -2.27. The third-order valence-electron chi connectivity index (χ3n) is 6.26. The van der Waals surface area contributed by atoms with E-state index in [1.54, 1.807) is 24.3 Å². The van der Waals surface area contributed by atoms with Gasteiger partial charge in [-0.1, -0.05) is 30.3 Å². The number of aliphatic hydroxyl groups excluding tert-OH is 2. The number of carboxylic acid groups (broad SMARTS) is 1. The normalized spacial score (nSPS) is 29.0. The summed E-state index contributed by atoms with van der Waals surface area (Å²) in [6.45, 7) is -0.241. The van der Waals surface area contributed by atoms with E-state index in [4.69, 9.17) is 11.5 Å². The number of carbonyl (C=O) groups is 2. The third-order valence-corrected chi connectivity index (χ3v) is 6.26. The van der Waals surface area contributed by atoms with Crippen molar-refractivity contribution in [3.05, 3.63) is 48.0 Å². The van der Waals surface area contributed by atoms with Gasteiger partial charge in [-0.15, -0.1) is 0 Å². The highest BCUT2D eigenvalue weighted by molar-refractivity contribution is 5.89. The van der Waals surface area contributed by atoms with Crippen molar-refractivity contribution in [3.63, 3.8) is 0 Å². The van der Waals surface area contributed by atoms with E-state index in [0.29, 0.717) is 22.4 Å². The molecule has 2 aliphatic rings. The van der Waals surface area contributed by atoms with E-state index in [0.717, 1.165) is 4.90 Å². The van der Waals surface area contributed by atoms with E-state index in [-0.39, 0.29) is 24.9 Å². The smallest absolute Gasteiger partial charge is 0.328 e. The molecule has 11 nitrogen and oxygen atoms in total. The molecule has 2 aromatic rings. The fourth-order valence-electron chi connectivity index (χ4n) is 4.67. The predicted molar refractivity (Wildman–Crippen MR) is 120 cm³/mol. The van der Waals surface area contributed by atoms with Gasteiger partial charge in [-0.25, -0.2) is 4.79 Å². The molecule has 1 amide bonds. The van der Waals surface area contributed by atoms with Crippen molar-refractivity contribution in [2.45, 2.75) is 42.8 Å². The summed E-state index contributed by atoms with van der Waals surface area (Å²) in [6, 6.07) is 7.90. The van der Waals surface area contributed by atoms with Crippen LogP contribution in [0.5, 0.6) is 5.75 Å². The first-order valence-electron chi connectivity index (χ1n) is 10.3. The number of phenolic OH excluding ortho intramolecular Hbond substituents is 1. The van der Waals surface area contributed by atoms with Gasteiger partial charge in [0.15, 0.2) is 0 Å². The second-order valence-electron chi connectivity index (χ2n) is 8.24. The van der Waals surface area contributed by atoms with Gasteiger partial charge >= 0.3 is 5.97 Å². The van der Waals surface area contributed by atoms with Crippen LogP contribution in [0.25, 0.3) is 11.1 Å². The lowest BCUT2D eigenvalue weighted by molar-refractivity contribution is -0.150. The molecule has 2 aromatic carbocycles. The number of aromatic hydroxyl groups is 1. The van der Waals surface area contributed by atoms with Crippen molar-refractivity contribution in [3.8, 4) is 16.9 Å². The summed E-state index contributed by atoms with van der Waals surface area (Å²) in [5.74, 6) is -2.02. The number of hydrogen-bond acceptors (Lipinski definition) is 9. The Labute approximate surface area is 190 Å². The van der Waals surface area contributed by atoms with Crippen LogP contribution >= 0.6 is 0 Å². The molecule has 0 radical (unpaired) electrons. The predicted octanol–water partition coefficient (Wildman–Crippen LogP) is -0.449. The zero-order valence-electron chi connectivity index (χ0n) is 17.8. The first kappa shape index (κ1) is 24.4. The van der Waals surface area contributed by atoms with Crippen LogP contribution in [0.1, 0.15) is 18.0 Å². The lowest BCUT2D eigenvalue weighted by atomic mass is 9.92. The maximum atomic E-state index is 13.1. The van der Waals surface area contributed by atoms with E-state index in [1.165, 1.54) is 6.07 Å². The molecule has 0 bridgehead atoms. The number of nitrogens with two attached hydrogens (primary N) is 2. The number of hydrogen-bond donors (Lipinski definition) is 8. The van der Waals surface area contributed by atoms with Crippen molar-refractivity contribution in [2.24, 2.45) is 5.73 Å². The lowest BCUT2D eigenvalue weighted by Crippen LogP contribution is -2.54. The Morgan fingerprint density at radius 3 is 2.36 bits per heavy atom. The minimum atomic E-state index is -1.39. The Bertz CT molecular complexity index is 1050. The van der Waals surface area contributed by atoms with Crippen molar-refractivity contribution in [1.29, 1.82) is 0 Å². The molecule has 178 valence electrons. The summed E-state index contributed by atoms with van der Waals surface area (Å²) in [4.78, 5) is 25.7. The number of amides is 1. The number of para-hydroxylation sites is 1. The summed E-state index contributed by atoms with van der Waals surface area (Å²) in [6.07, 6.45) is -2.22. The fraction of sp³-hybridized carbons (Fsp3) is 0.364. The molecule has 2 fully saturated rings. The number of nitrogens with zero attached hydrogens (tertiary/aromatic N) is 1. The number of carbonyl (C=O) groups excluding carboxylic acids is 1. The molecule has 2 heterocycles. The number of aliphatic hydroxyl groups is 2. The van der Waals surface area contributed by atoms with Gasteiger partial charge in [0, 0.05) is 29.4 Å². The van der Waals surface area contributed by atoms with Crippen molar-refractivity contribution >= 4 is 17.6 Å². The Kier molecular flexibility index (Phi) is 6.91. The quantitative estimate of drug-likeness (QED) is 0.275. The highest BCUT2D eigenvalue weighted by Crippen LogP contribution is 2.41. The molecule has 12 N–H and O–H groups in total. The standard InChI is InChI=1S/C22H26N4O6.H3N/c23-12-6-2-1-4-10(12)11-5-3-7-14(27)17(11)13-8-15(28)19(25-13)21(30)26-9-16(29)18(24)20(26)22(31)32;/h1-7,13,15-16,18-20,25,27-29H,8-9,23-24H2,(H,31,32);1H3. The molecule has 0 saturated carbocycles. The third kappa shape index (κ3) is 4.24. The minimum absolute atomic E-state index is 0. The van der Waals surface area contributed by atoms with E-state index in [2.05, 4.69) is 5.32 Å². The van der Waals surface area contributed by atoms with Crippen molar-refractivity contribution in [1.82, 2.24) is 16.4 Å². The van der Waals surface area contributed by atoms with Gasteiger partial charge in [-0.2, -0.15) is 0 Å². The summed E-state index contributed by atoms with van der Waals surface area (Å²) in [5.41, 5.74) is 14.2. The zero-order valence-corrected chi connectivity index (χ0v) is 17.8. The van der Waals surface area contributed by atoms with Crippen molar-refractivity contribution in [2.75, 3.05) is 12.3 Å². The molecule has 11 heteroatoms. The van der Waals surface area contributed by atoms with Crippen LogP contribution in [0.3, 0.4) is 0 Å². The Morgan fingerprint density at radius 2 is 1.70 bits per heavy atom. The Hall–Kier alpha value is -3.22. The Morgan fingerprint density at radius 1 is 1.03 bits per heavy atom. The summed E-state index contributed by atoms with van der Waals surface area (Å²) in [7, 11) is 0. The highest BCUT2D eigenvalue weighted by Gasteiger charge is 2.50. The topological polar surface area (TPSA) is 217 Å². The number of rotatable bonds is 4. The fourth-order valence-corrected chi connectivity index (χ4v) is 4.67. The number of aliphatic carboxylic acids is 1. The first-order chi connectivity index (χ1) is 15.2. The maximum Gasteiger partial charge on any atom is 0.328 e. The number of β-amino-alcohol motifs (C(OH)–C–C–N with tert-alkyl or cyclic N) is 1.